The minimum Gasteiger partial charge on any atom is -0.481 e. The SMILES string of the molecule is Cc1nc(N2CCOCC2CC(=O)O)ccc1[N+](=O)[O-]. The molecular formula is C12H15N3O5. The number of aryl methyl sites for hydroxylation is 1. The van der Waals surface area contributed by atoms with Crippen LogP contribution in [-0.4, -0.2) is 46.8 Å². The summed E-state index contributed by atoms with van der Waals surface area (Å²) in [5, 5.41) is 19.7. The highest BCUT2D eigenvalue weighted by Gasteiger charge is 2.27. The molecule has 2 heterocycles. The second-order valence-electron chi connectivity index (χ2n) is 4.55. The molecule has 1 aromatic heterocycles. The topological polar surface area (TPSA) is 106 Å². The molecule has 0 radical (unpaired) electrons. The van der Waals surface area contributed by atoms with Crippen molar-refractivity contribution in [1.82, 2.24) is 4.98 Å². The molecule has 1 unspecified atom stereocenters. The van der Waals surface area contributed by atoms with Gasteiger partial charge in [-0.25, -0.2) is 4.98 Å². The maximum Gasteiger partial charge on any atom is 0.305 e. The Bertz CT molecular complexity index is 534. The van der Waals surface area contributed by atoms with Gasteiger partial charge in [0.05, 0.1) is 30.6 Å². The predicted octanol–water partition coefficient (Wildman–Crippen LogP) is 0.978. The number of rotatable bonds is 4. The van der Waals surface area contributed by atoms with Crippen molar-refractivity contribution in [2.24, 2.45) is 0 Å². The summed E-state index contributed by atoms with van der Waals surface area (Å²) in [6.07, 6.45) is -0.0578. The predicted molar refractivity (Wildman–Crippen MR) is 69.8 cm³/mol. The highest BCUT2D eigenvalue weighted by Crippen LogP contribution is 2.24. The van der Waals surface area contributed by atoms with Gasteiger partial charge in [-0.3, -0.25) is 14.9 Å². The third kappa shape index (κ3) is 3.02. The molecule has 8 heteroatoms. The van der Waals surface area contributed by atoms with Crippen molar-refractivity contribution < 1.29 is 19.6 Å². The van der Waals surface area contributed by atoms with Gasteiger partial charge in [-0.1, -0.05) is 0 Å². The summed E-state index contributed by atoms with van der Waals surface area (Å²) in [7, 11) is 0. The minimum atomic E-state index is -0.913. The normalized spacial score (nSPS) is 18.9. The molecule has 0 spiro atoms. The second-order valence-corrected chi connectivity index (χ2v) is 4.55. The number of aromatic nitrogens is 1. The number of pyridine rings is 1. The quantitative estimate of drug-likeness (QED) is 0.647. The molecule has 0 aromatic carbocycles. The van der Waals surface area contributed by atoms with E-state index in [0.717, 1.165) is 0 Å². The average Bonchev–Trinajstić information content (AvgIpc) is 2.38. The summed E-state index contributed by atoms with van der Waals surface area (Å²) >= 11 is 0. The number of ether oxygens (including phenoxy) is 1. The van der Waals surface area contributed by atoms with Gasteiger partial charge in [-0.05, 0) is 13.0 Å². The van der Waals surface area contributed by atoms with E-state index in [4.69, 9.17) is 9.84 Å². The van der Waals surface area contributed by atoms with E-state index in [1.165, 1.54) is 6.07 Å². The van der Waals surface area contributed by atoms with Gasteiger partial charge in [-0.2, -0.15) is 0 Å². The third-order valence-corrected chi connectivity index (χ3v) is 3.17. The van der Waals surface area contributed by atoms with Gasteiger partial charge in [-0.15, -0.1) is 0 Å². The molecule has 108 valence electrons. The Balaban J connectivity index is 2.26. The van der Waals surface area contributed by atoms with Gasteiger partial charge in [0.2, 0.25) is 0 Å². The fourth-order valence-corrected chi connectivity index (χ4v) is 2.22. The molecule has 1 saturated heterocycles. The molecule has 1 aliphatic rings. The van der Waals surface area contributed by atoms with Gasteiger partial charge < -0.3 is 14.7 Å². The van der Waals surface area contributed by atoms with E-state index in [1.54, 1.807) is 13.0 Å². The molecule has 1 aliphatic heterocycles. The van der Waals surface area contributed by atoms with Crippen LogP contribution < -0.4 is 4.90 Å². The molecule has 0 saturated carbocycles. The lowest BCUT2D eigenvalue weighted by Gasteiger charge is -2.35. The van der Waals surface area contributed by atoms with Crippen molar-refractivity contribution >= 4 is 17.5 Å². The first-order valence-electron chi connectivity index (χ1n) is 6.17. The Morgan fingerprint density at radius 1 is 1.65 bits per heavy atom. The first-order chi connectivity index (χ1) is 9.49. The largest absolute Gasteiger partial charge is 0.481 e. The highest BCUT2D eigenvalue weighted by atomic mass is 16.6. The number of nitrogens with zero attached hydrogens (tertiary/aromatic N) is 3. The maximum atomic E-state index is 10.9. The Morgan fingerprint density at radius 3 is 3.00 bits per heavy atom. The van der Waals surface area contributed by atoms with Crippen LogP contribution in [0.5, 0.6) is 0 Å². The van der Waals surface area contributed by atoms with Crippen LogP contribution >= 0.6 is 0 Å². The van der Waals surface area contributed by atoms with Crippen LogP contribution in [0.2, 0.25) is 0 Å². The van der Waals surface area contributed by atoms with Crippen molar-refractivity contribution in [3.05, 3.63) is 27.9 Å². The summed E-state index contributed by atoms with van der Waals surface area (Å²) in [4.78, 5) is 27.2. The van der Waals surface area contributed by atoms with E-state index in [2.05, 4.69) is 4.98 Å². The number of hydrogen-bond acceptors (Lipinski definition) is 6. The van der Waals surface area contributed by atoms with Crippen LogP contribution in [0.25, 0.3) is 0 Å². The molecular weight excluding hydrogens is 266 g/mol. The lowest BCUT2D eigenvalue weighted by atomic mass is 10.1. The van der Waals surface area contributed by atoms with Crippen LogP contribution in [0.1, 0.15) is 12.1 Å². The van der Waals surface area contributed by atoms with Crippen molar-refractivity contribution in [3.63, 3.8) is 0 Å². The molecule has 1 fully saturated rings. The highest BCUT2D eigenvalue weighted by molar-refractivity contribution is 5.68. The molecule has 20 heavy (non-hydrogen) atoms. The summed E-state index contributed by atoms with van der Waals surface area (Å²) in [5.41, 5.74) is 0.268. The second kappa shape index (κ2) is 5.83. The molecule has 1 aromatic rings. The number of carboxylic acid groups (broad SMARTS) is 1. The number of morpholine rings is 1. The van der Waals surface area contributed by atoms with Gasteiger partial charge in [0.1, 0.15) is 11.5 Å². The first kappa shape index (κ1) is 14.2. The zero-order chi connectivity index (χ0) is 14.7. The molecule has 2 rings (SSSR count). The zero-order valence-corrected chi connectivity index (χ0v) is 11.0. The van der Waals surface area contributed by atoms with Crippen LogP contribution in [0.4, 0.5) is 11.5 Å². The summed E-state index contributed by atoms with van der Waals surface area (Å²) in [6.45, 7) is 2.87. The fourth-order valence-electron chi connectivity index (χ4n) is 2.22. The Hall–Kier alpha value is -2.22. The van der Waals surface area contributed by atoms with Gasteiger partial charge in [0, 0.05) is 12.6 Å². The van der Waals surface area contributed by atoms with E-state index < -0.39 is 10.9 Å². The number of anilines is 1. The Labute approximate surface area is 115 Å². The van der Waals surface area contributed by atoms with Crippen molar-refractivity contribution in [3.8, 4) is 0 Å². The van der Waals surface area contributed by atoms with Crippen molar-refractivity contribution in [2.45, 2.75) is 19.4 Å². The summed E-state index contributed by atoms with van der Waals surface area (Å²) in [5.74, 6) is -0.369. The van der Waals surface area contributed by atoms with E-state index in [1.807, 2.05) is 4.90 Å². The van der Waals surface area contributed by atoms with E-state index in [-0.39, 0.29) is 18.2 Å². The number of carbonyl (C=O) groups is 1. The number of nitro groups is 1. The van der Waals surface area contributed by atoms with E-state index in [9.17, 15) is 14.9 Å². The molecule has 0 amide bonds. The Morgan fingerprint density at radius 2 is 2.40 bits per heavy atom. The van der Waals surface area contributed by atoms with Crippen molar-refractivity contribution in [2.75, 3.05) is 24.7 Å². The van der Waals surface area contributed by atoms with Gasteiger partial charge in [0.15, 0.2) is 0 Å². The molecule has 1 atom stereocenters. The molecule has 0 bridgehead atoms. The van der Waals surface area contributed by atoms with Gasteiger partial charge in [0.25, 0.3) is 5.69 Å². The first-order valence-corrected chi connectivity index (χ1v) is 6.17. The van der Waals surface area contributed by atoms with Crippen LogP contribution in [0.3, 0.4) is 0 Å². The minimum absolute atomic E-state index is 0.0446. The molecule has 0 aliphatic carbocycles. The maximum absolute atomic E-state index is 10.9. The van der Waals surface area contributed by atoms with Crippen molar-refractivity contribution in [1.29, 1.82) is 0 Å². The fraction of sp³-hybridized carbons (Fsp3) is 0.500. The molecule has 1 N–H and O–H groups in total. The summed E-state index contributed by atoms with van der Waals surface area (Å²) < 4.78 is 5.29. The van der Waals surface area contributed by atoms with E-state index >= 15 is 0 Å². The molecule has 8 nitrogen and oxygen atoms in total. The zero-order valence-electron chi connectivity index (χ0n) is 11.0. The van der Waals surface area contributed by atoms with Crippen LogP contribution in [0, 0.1) is 17.0 Å². The third-order valence-electron chi connectivity index (χ3n) is 3.17. The van der Waals surface area contributed by atoms with Crippen LogP contribution in [-0.2, 0) is 9.53 Å². The smallest absolute Gasteiger partial charge is 0.305 e. The lowest BCUT2D eigenvalue weighted by Crippen LogP contribution is -2.47. The van der Waals surface area contributed by atoms with Gasteiger partial charge >= 0.3 is 5.97 Å². The van der Waals surface area contributed by atoms with E-state index in [0.29, 0.717) is 31.3 Å². The average molecular weight is 281 g/mol. The monoisotopic (exact) mass is 281 g/mol. The summed E-state index contributed by atoms with van der Waals surface area (Å²) in [6, 6.07) is 2.63. The van der Waals surface area contributed by atoms with Crippen LogP contribution in [0.15, 0.2) is 12.1 Å². The lowest BCUT2D eigenvalue weighted by molar-refractivity contribution is -0.385. The number of hydrogen-bond donors (Lipinski definition) is 1. The Kier molecular flexibility index (Phi) is 4.14. The number of aliphatic carboxylic acids is 1. The standard InChI is InChI=1S/C12H15N3O5/c1-8-10(15(18)19)2-3-11(13-8)14-4-5-20-7-9(14)6-12(16)17/h2-3,9H,4-7H2,1H3,(H,16,17). The number of carboxylic acids is 1.